The minimum Gasteiger partial charge on any atom is -0.325 e. The van der Waals surface area contributed by atoms with Crippen LogP contribution in [0.4, 0.5) is 5.69 Å². The maximum absolute atomic E-state index is 12.3. The lowest BCUT2D eigenvalue weighted by molar-refractivity contribution is -0.118. The van der Waals surface area contributed by atoms with E-state index in [-0.39, 0.29) is 5.91 Å². The van der Waals surface area contributed by atoms with Gasteiger partial charge in [-0.05, 0) is 73.1 Å². The van der Waals surface area contributed by atoms with Crippen molar-refractivity contribution in [1.29, 1.82) is 0 Å². The quantitative estimate of drug-likeness (QED) is 0.721. The Morgan fingerprint density at radius 1 is 1.52 bits per heavy atom. The second-order valence-electron chi connectivity index (χ2n) is 5.53. The lowest BCUT2D eigenvalue weighted by Crippen LogP contribution is -2.48. The summed E-state index contributed by atoms with van der Waals surface area (Å²) in [6.07, 6.45) is 3.46. The van der Waals surface area contributed by atoms with Gasteiger partial charge in [0.15, 0.2) is 0 Å². The Hall–Kier alpha value is -0.660. The largest absolute Gasteiger partial charge is 0.325 e. The molecule has 1 fully saturated rings. The van der Waals surface area contributed by atoms with Gasteiger partial charge in [0.05, 0.1) is 6.54 Å². The Morgan fingerprint density at radius 2 is 2.38 bits per heavy atom. The van der Waals surface area contributed by atoms with E-state index < -0.39 is 0 Å². The third kappa shape index (κ3) is 5.56. The van der Waals surface area contributed by atoms with Gasteiger partial charge in [0.2, 0.25) is 5.91 Å². The number of anilines is 1. The molecule has 1 aliphatic heterocycles. The second kappa shape index (κ2) is 8.70. The van der Waals surface area contributed by atoms with E-state index >= 15 is 0 Å². The molecule has 0 aliphatic carbocycles. The Labute approximate surface area is 140 Å². The molecule has 0 bridgehead atoms. The standard InChI is InChI=1S/C16H24IN3O/c1-2-9-20(15-7-4-8-18-11-15)12-16(21)19-14-6-3-5-13(17)10-14/h3,5-6,10,15,18H,2,4,7-9,11-12H2,1H3,(H,19,21). The van der Waals surface area contributed by atoms with Crippen LogP contribution in [0.25, 0.3) is 0 Å². The number of hydrogen-bond acceptors (Lipinski definition) is 3. The summed E-state index contributed by atoms with van der Waals surface area (Å²) in [6, 6.07) is 8.40. The van der Waals surface area contributed by atoms with Crippen LogP contribution < -0.4 is 10.6 Å². The molecule has 2 rings (SSSR count). The fourth-order valence-corrected chi connectivity index (χ4v) is 3.32. The number of carbonyl (C=O) groups is 1. The van der Waals surface area contributed by atoms with Gasteiger partial charge in [-0.2, -0.15) is 0 Å². The van der Waals surface area contributed by atoms with Gasteiger partial charge >= 0.3 is 0 Å². The number of hydrogen-bond donors (Lipinski definition) is 2. The van der Waals surface area contributed by atoms with Crippen LogP contribution in [0.15, 0.2) is 24.3 Å². The van der Waals surface area contributed by atoms with Gasteiger partial charge in [-0.25, -0.2) is 0 Å². The van der Waals surface area contributed by atoms with E-state index in [1.165, 1.54) is 12.8 Å². The monoisotopic (exact) mass is 401 g/mol. The maximum atomic E-state index is 12.3. The van der Waals surface area contributed by atoms with E-state index in [0.717, 1.165) is 35.3 Å². The summed E-state index contributed by atoms with van der Waals surface area (Å²) in [4.78, 5) is 14.6. The first-order valence-electron chi connectivity index (χ1n) is 7.69. The molecular formula is C16H24IN3O. The fourth-order valence-electron chi connectivity index (χ4n) is 2.77. The van der Waals surface area contributed by atoms with Crippen molar-refractivity contribution in [3.05, 3.63) is 27.8 Å². The van der Waals surface area contributed by atoms with Crippen molar-refractivity contribution in [2.24, 2.45) is 0 Å². The van der Waals surface area contributed by atoms with E-state index in [0.29, 0.717) is 12.6 Å². The van der Waals surface area contributed by atoms with Crippen LogP contribution >= 0.6 is 22.6 Å². The molecule has 1 saturated heterocycles. The van der Waals surface area contributed by atoms with Crippen molar-refractivity contribution >= 4 is 34.2 Å². The Kier molecular flexibility index (Phi) is 6.92. The third-order valence-electron chi connectivity index (χ3n) is 3.75. The van der Waals surface area contributed by atoms with Crippen molar-refractivity contribution in [2.45, 2.75) is 32.2 Å². The molecule has 1 aliphatic rings. The SMILES string of the molecule is CCCN(CC(=O)Nc1cccc(I)c1)C1CCCNC1. The predicted octanol–water partition coefficient (Wildman–Crippen LogP) is 2.69. The zero-order valence-corrected chi connectivity index (χ0v) is 14.7. The van der Waals surface area contributed by atoms with E-state index in [2.05, 4.69) is 45.0 Å². The van der Waals surface area contributed by atoms with Gasteiger partial charge < -0.3 is 10.6 Å². The van der Waals surface area contributed by atoms with E-state index in [4.69, 9.17) is 0 Å². The molecule has 1 amide bonds. The summed E-state index contributed by atoms with van der Waals surface area (Å²) in [5, 5.41) is 6.43. The molecule has 1 atom stereocenters. The van der Waals surface area contributed by atoms with E-state index in [1.54, 1.807) is 0 Å². The number of benzene rings is 1. The van der Waals surface area contributed by atoms with Crippen LogP contribution in [0.3, 0.4) is 0 Å². The molecule has 0 saturated carbocycles. The Bertz CT molecular complexity index is 461. The Morgan fingerprint density at radius 3 is 3.05 bits per heavy atom. The molecular weight excluding hydrogens is 377 g/mol. The highest BCUT2D eigenvalue weighted by molar-refractivity contribution is 14.1. The number of amides is 1. The minimum atomic E-state index is 0.0797. The fraction of sp³-hybridized carbons (Fsp3) is 0.562. The van der Waals surface area contributed by atoms with Crippen molar-refractivity contribution in [2.75, 3.05) is 31.5 Å². The molecule has 5 heteroatoms. The first-order valence-corrected chi connectivity index (χ1v) is 8.77. The van der Waals surface area contributed by atoms with Gasteiger partial charge in [-0.15, -0.1) is 0 Å². The smallest absolute Gasteiger partial charge is 0.238 e. The van der Waals surface area contributed by atoms with E-state index in [1.807, 2.05) is 24.3 Å². The molecule has 1 aromatic carbocycles. The molecule has 0 aromatic heterocycles. The average molecular weight is 401 g/mol. The molecule has 116 valence electrons. The van der Waals surface area contributed by atoms with Crippen LogP contribution in [0.1, 0.15) is 26.2 Å². The highest BCUT2D eigenvalue weighted by Gasteiger charge is 2.22. The number of nitrogens with zero attached hydrogens (tertiary/aromatic N) is 1. The summed E-state index contributed by atoms with van der Waals surface area (Å²) >= 11 is 2.26. The van der Waals surface area contributed by atoms with Gasteiger partial charge in [0, 0.05) is 21.8 Å². The first kappa shape index (κ1) is 16.7. The van der Waals surface area contributed by atoms with Crippen molar-refractivity contribution in [3.63, 3.8) is 0 Å². The highest BCUT2D eigenvalue weighted by Crippen LogP contribution is 2.14. The average Bonchev–Trinajstić information content (AvgIpc) is 2.47. The lowest BCUT2D eigenvalue weighted by Gasteiger charge is -2.34. The lowest BCUT2D eigenvalue weighted by atomic mass is 10.1. The van der Waals surface area contributed by atoms with Crippen LogP contribution in [0, 0.1) is 3.57 Å². The number of piperidine rings is 1. The summed E-state index contributed by atoms with van der Waals surface area (Å²) < 4.78 is 1.13. The molecule has 1 unspecified atom stereocenters. The van der Waals surface area contributed by atoms with Crippen molar-refractivity contribution < 1.29 is 4.79 Å². The van der Waals surface area contributed by atoms with Crippen LogP contribution in [-0.2, 0) is 4.79 Å². The normalized spacial score (nSPS) is 18.7. The summed E-state index contributed by atoms with van der Waals surface area (Å²) in [7, 11) is 0. The molecule has 2 N–H and O–H groups in total. The van der Waals surface area contributed by atoms with Crippen LogP contribution in [0.5, 0.6) is 0 Å². The molecule has 4 nitrogen and oxygen atoms in total. The van der Waals surface area contributed by atoms with Gasteiger partial charge in [0.1, 0.15) is 0 Å². The first-order chi connectivity index (χ1) is 10.2. The summed E-state index contributed by atoms with van der Waals surface area (Å²) in [5.74, 6) is 0.0797. The molecule has 0 spiro atoms. The predicted molar refractivity (Wildman–Crippen MR) is 95.5 cm³/mol. The van der Waals surface area contributed by atoms with Crippen LogP contribution in [-0.4, -0.2) is 43.0 Å². The van der Waals surface area contributed by atoms with Gasteiger partial charge in [-0.3, -0.25) is 9.69 Å². The van der Waals surface area contributed by atoms with Gasteiger partial charge in [-0.1, -0.05) is 13.0 Å². The van der Waals surface area contributed by atoms with Crippen molar-refractivity contribution in [3.8, 4) is 0 Å². The zero-order valence-electron chi connectivity index (χ0n) is 12.6. The zero-order chi connectivity index (χ0) is 15.1. The minimum absolute atomic E-state index is 0.0797. The molecule has 1 heterocycles. The molecule has 0 radical (unpaired) electrons. The maximum Gasteiger partial charge on any atom is 0.238 e. The summed E-state index contributed by atoms with van der Waals surface area (Å²) in [5.41, 5.74) is 0.880. The Balaban J connectivity index is 1.91. The topological polar surface area (TPSA) is 44.4 Å². The summed E-state index contributed by atoms with van der Waals surface area (Å²) in [6.45, 7) is 5.72. The second-order valence-corrected chi connectivity index (χ2v) is 6.77. The molecule has 1 aromatic rings. The number of halogens is 1. The van der Waals surface area contributed by atoms with Gasteiger partial charge in [0.25, 0.3) is 0 Å². The van der Waals surface area contributed by atoms with Crippen molar-refractivity contribution in [1.82, 2.24) is 10.2 Å². The van der Waals surface area contributed by atoms with E-state index in [9.17, 15) is 4.79 Å². The number of carbonyl (C=O) groups excluding carboxylic acids is 1. The third-order valence-corrected chi connectivity index (χ3v) is 4.42. The number of rotatable bonds is 6. The van der Waals surface area contributed by atoms with Crippen LogP contribution in [0.2, 0.25) is 0 Å². The molecule has 21 heavy (non-hydrogen) atoms. The number of nitrogens with one attached hydrogen (secondary N) is 2. The highest BCUT2D eigenvalue weighted by atomic mass is 127.